The van der Waals surface area contributed by atoms with Gasteiger partial charge in [-0.05, 0) is 50.8 Å². The number of piperidine rings is 1. The zero-order valence-electron chi connectivity index (χ0n) is 16.5. The van der Waals surface area contributed by atoms with Gasteiger partial charge in [0.05, 0.1) is 5.75 Å². The molecule has 1 heterocycles. The zero-order valence-corrected chi connectivity index (χ0v) is 18.2. The predicted molar refractivity (Wildman–Crippen MR) is 116 cm³/mol. The molecule has 0 unspecified atom stereocenters. The van der Waals surface area contributed by atoms with E-state index in [2.05, 4.69) is 24.1 Å². The van der Waals surface area contributed by atoms with Crippen LogP contribution in [0.4, 0.5) is 0 Å². The second-order valence-corrected chi connectivity index (χ2v) is 8.73. The number of carbonyl (C=O) groups is 2. The number of carbonyl (C=O) groups excluding carboxylic acids is 2. The molecule has 1 fully saturated rings. The van der Waals surface area contributed by atoms with E-state index in [1.54, 1.807) is 31.1 Å². The Morgan fingerprint density at radius 2 is 1.81 bits per heavy atom. The highest BCUT2D eigenvalue weighted by atomic mass is 32.2. The van der Waals surface area contributed by atoms with Gasteiger partial charge < -0.3 is 15.1 Å². The quantitative estimate of drug-likeness (QED) is 0.759. The Labute approximate surface area is 171 Å². The van der Waals surface area contributed by atoms with Crippen molar-refractivity contribution in [2.45, 2.75) is 51.7 Å². The molecule has 7 heteroatoms. The average molecular weight is 408 g/mol. The molecule has 2 amide bonds. The highest BCUT2D eigenvalue weighted by Gasteiger charge is 2.27. The number of nitrogens with one attached hydrogen (secondary N) is 1. The molecule has 1 aliphatic heterocycles. The number of rotatable bonds is 5. The lowest BCUT2D eigenvalue weighted by Crippen LogP contribution is -2.46. The molecule has 0 aliphatic carbocycles. The van der Waals surface area contributed by atoms with Gasteiger partial charge in [0.25, 0.3) is 5.91 Å². The van der Waals surface area contributed by atoms with E-state index >= 15 is 0 Å². The van der Waals surface area contributed by atoms with Gasteiger partial charge in [-0.3, -0.25) is 9.59 Å². The topological polar surface area (TPSA) is 52.7 Å². The Kier molecular flexibility index (Phi) is 8.10. The summed E-state index contributed by atoms with van der Waals surface area (Å²) in [5.74, 6) is 0.286. The molecule has 0 radical (unpaired) electrons. The van der Waals surface area contributed by atoms with Crippen LogP contribution in [0.25, 0.3) is 0 Å². The highest BCUT2D eigenvalue weighted by Crippen LogP contribution is 2.26. The van der Waals surface area contributed by atoms with Crippen LogP contribution in [0.3, 0.4) is 0 Å². The molecule has 148 valence electrons. The molecular formula is C20H29N3O2S2. The number of nitrogens with zero attached hydrogens (tertiary/aromatic N) is 2. The fourth-order valence-corrected chi connectivity index (χ4v) is 4.87. The van der Waals surface area contributed by atoms with Crippen molar-refractivity contribution in [2.24, 2.45) is 0 Å². The smallest absolute Gasteiger partial charge is 0.251 e. The number of hydrogen-bond donors (Lipinski definition) is 1. The Morgan fingerprint density at radius 3 is 2.37 bits per heavy atom. The first kappa shape index (κ1) is 21.7. The minimum Gasteiger partial charge on any atom is -0.355 e. The fraction of sp³-hybridized carbons (Fsp3) is 0.550. The Bertz CT molecular complexity index is 668. The minimum absolute atomic E-state index is 0.0510. The van der Waals surface area contributed by atoms with Crippen molar-refractivity contribution >= 4 is 40.1 Å². The Hall–Kier alpha value is -1.60. The molecule has 1 saturated heterocycles. The van der Waals surface area contributed by atoms with Crippen molar-refractivity contribution in [3.05, 3.63) is 35.4 Å². The molecule has 0 aromatic heterocycles. The number of benzene rings is 1. The lowest BCUT2D eigenvalue weighted by molar-refractivity contribution is -0.127. The SMILES string of the molecule is CNC(=O)c1ccc(CN(C)C(=O)CSC(=S)N2[C@@H](C)CCC[C@@H]2C)cc1. The van der Waals surface area contributed by atoms with Crippen molar-refractivity contribution < 1.29 is 9.59 Å². The monoisotopic (exact) mass is 407 g/mol. The molecule has 2 rings (SSSR count). The van der Waals surface area contributed by atoms with Crippen LogP contribution >= 0.6 is 24.0 Å². The number of likely N-dealkylation sites (tertiary alicyclic amines) is 1. The molecule has 5 nitrogen and oxygen atoms in total. The summed E-state index contributed by atoms with van der Waals surface area (Å²) in [5.41, 5.74) is 1.60. The fourth-order valence-electron chi connectivity index (χ4n) is 3.36. The van der Waals surface area contributed by atoms with Gasteiger partial charge in [-0.15, -0.1) is 0 Å². The molecule has 27 heavy (non-hydrogen) atoms. The van der Waals surface area contributed by atoms with Gasteiger partial charge in [-0.2, -0.15) is 0 Å². The van der Waals surface area contributed by atoms with Gasteiger partial charge in [-0.1, -0.05) is 36.1 Å². The van der Waals surface area contributed by atoms with Crippen LogP contribution < -0.4 is 5.32 Å². The largest absolute Gasteiger partial charge is 0.355 e. The summed E-state index contributed by atoms with van der Waals surface area (Å²) in [6, 6.07) is 8.19. The second kappa shape index (κ2) is 10.1. The summed E-state index contributed by atoms with van der Waals surface area (Å²) in [6.07, 6.45) is 3.56. The normalized spacial score (nSPS) is 19.5. The van der Waals surface area contributed by atoms with Crippen molar-refractivity contribution in [1.82, 2.24) is 15.1 Å². The molecule has 1 aromatic rings. The summed E-state index contributed by atoms with van der Waals surface area (Å²) in [6.45, 7) is 4.93. The number of thioether (sulfide) groups is 1. The van der Waals surface area contributed by atoms with Gasteiger partial charge in [0.2, 0.25) is 5.91 Å². The summed E-state index contributed by atoms with van der Waals surface area (Å²) in [5, 5.41) is 2.60. The van der Waals surface area contributed by atoms with E-state index in [4.69, 9.17) is 12.2 Å². The van der Waals surface area contributed by atoms with E-state index < -0.39 is 0 Å². The second-order valence-electron chi connectivity index (χ2n) is 7.12. The van der Waals surface area contributed by atoms with Gasteiger partial charge >= 0.3 is 0 Å². The summed E-state index contributed by atoms with van der Waals surface area (Å²) >= 11 is 7.05. The van der Waals surface area contributed by atoms with Crippen LogP contribution in [0.15, 0.2) is 24.3 Å². The summed E-state index contributed by atoms with van der Waals surface area (Å²) < 4.78 is 0.825. The van der Waals surface area contributed by atoms with Gasteiger partial charge in [0.1, 0.15) is 4.32 Å². The van der Waals surface area contributed by atoms with Crippen LogP contribution in [0.1, 0.15) is 49.0 Å². The van der Waals surface area contributed by atoms with E-state index in [0.717, 1.165) is 22.7 Å². The van der Waals surface area contributed by atoms with Crippen molar-refractivity contribution in [2.75, 3.05) is 19.8 Å². The maximum atomic E-state index is 12.5. The summed E-state index contributed by atoms with van der Waals surface area (Å²) in [4.78, 5) is 28.1. The lowest BCUT2D eigenvalue weighted by Gasteiger charge is -2.40. The van der Waals surface area contributed by atoms with Crippen LogP contribution in [0, 0.1) is 0 Å². The van der Waals surface area contributed by atoms with E-state index in [1.165, 1.54) is 18.2 Å². The number of hydrogen-bond acceptors (Lipinski definition) is 4. The van der Waals surface area contributed by atoms with Crippen LogP contribution in [0.5, 0.6) is 0 Å². The predicted octanol–water partition coefficient (Wildman–Crippen LogP) is 3.29. The molecule has 1 aromatic carbocycles. The average Bonchev–Trinajstić information content (AvgIpc) is 2.65. The third-order valence-electron chi connectivity index (χ3n) is 5.01. The molecule has 1 aliphatic rings. The van der Waals surface area contributed by atoms with E-state index in [1.807, 2.05) is 12.1 Å². The van der Waals surface area contributed by atoms with Crippen molar-refractivity contribution in [3.8, 4) is 0 Å². The molecule has 0 saturated carbocycles. The van der Waals surface area contributed by atoms with Crippen LogP contribution in [-0.4, -0.2) is 57.9 Å². The Morgan fingerprint density at radius 1 is 1.22 bits per heavy atom. The lowest BCUT2D eigenvalue weighted by atomic mass is 9.99. The first-order valence-corrected chi connectivity index (χ1v) is 10.7. The standard InChI is InChI=1S/C20H29N3O2S2/c1-14-6-5-7-15(2)23(14)20(26)27-13-18(24)22(4)12-16-8-10-17(11-9-16)19(25)21-3/h8-11,14-15H,5-7,12-13H2,1-4H3,(H,21,25)/t14-,15-/m0/s1. The third-order valence-corrected chi connectivity index (χ3v) is 6.43. The summed E-state index contributed by atoms with van der Waals surface area (Å²) in [7, 11) is 3.40. The molecular weight excluding hydrogens is 378 g/mol. The highest BCUT2D eigenvalue weighted by molar-refractivity contribution is 8.23. The molecule has 0 spiro atoms. The number of amides is 2. The van der Waals surface area contributed by atoms with Crippen molar-refractivity contribution in [3.63, 3.8) is 0 Å². The maximum Gasteiger partial charge on any atom is 0.251 e. The third kappa shape index (κ3) is 5.94. The Balaban J connectivity index is 1.84. The first-order chi connectivity index (χ1) is 12.8. The van der Waals surface area contributed by atoms with Crippen LogP contribution in [0.2, 0.25) is 0 Å². The van der Waals surface area contributed by atoms with E-state index in [-0.39, 0.29) is 11.8 Å². The molecule has 0 bridgehead atoms. The molecule has 2 atom stereocenters. The van der Waals surface area contributed by atoms with Gasteiger partial charge in [0.15, 0.2) is 0 Å². The number of thiocarbonyl (C=S) groups is 1. The maximum absolute atomic E-state index is 12.5. The molecule has 1 N–H and O–H groups in total. The van der Waals surface area contributed by atoms with E-state index in [9.17, 15) is 9.59 Å². The van der Waals surface area contributed by atoms with Crippen LogP contribution in [-0.2, 0) is 11.3 Å². The van der Waals surface area contributed by atoms with Crippen molar-refractivity contribution in [1.29, 1.82) is 0 Å². The minimum atomic E-state index is -0.114. The first-order valence-electron chi connectivity index (χ1n) is 9.33. The zero-order chi connectivity index (χ0) is 20.0. The van der Waals surface area contributed by atoms with Gasteiger partial charge in [-0.25, -0.2) is 0 Å². The van der Waals surface area contributed by atoms with Gasteiger partial charge in [0, 0.05) is 38.3 Å². The van der Waals surface area contributed by atoms with E-state index in [0.29, 0.717) is 29.9 Å².